The third kappa shape index (κ3) is 7.85. The molecule has 0 aliphatic rings. The average molecular weight is 192 g/mol. The van der Waals surface area contributed by atoms with E-state index in [1.54, 1.807) is 0 Å². The van der Waals surface area contributed by atoms with Crippen molar-refractivity contribution in [2.45, 2.75) is 52.9 Å². The molecular formula is C14H24. The smallest absolute Gasteiger partial charge is 0.0285 e. The lowest BCUT2D eigenvalue weighted by atomic mass is 10.1. The van der Waals surface area contributed by atoms with Gasteiger partial charge in [0.25, 0.3) is 0 Å². The van der Waals surface area contributed by atoms with Crippen LogP contribution in [0.1, 0.15) is 52.9 Å². The standard InChI is InChI=1S/C14H24/c1-5-7-10-14(4)12-8-11-13(3)9-6-2/h8,11-12H,4-7,9-10H2,1-3H3/b12-8-,13-11-. The summed E-state index contributed by atoms with van der Waals surface area (Å²) >= 11 is 0. The first-order valence-electron chi connectivity index (χ1n) is 5.72. The van der Waals surface area contributed by atoms with E-state index in [0.717, 1.165) is 6.42 Å². The summed E-state index contributed by atoms with van der Waals surface area (Å²) in [6, 6.07) is 0. The SMILES string of the molecule is C=C(/C=C\C=C(\C)CCC)CCCC. The van der Waals surface area contributed by atoms with Gasteiger partial charge in [0.05, 0.1) is 0 Å². The van der Waals surface area contributed by atoms with Crippen LogP contribution in [0.25, 0.3) is 0 Å². The van der Waals surface area contributed by atoms with Gasteiger partial charge in [0.1, 0.15) is 0 Å². The second kappa shape index (κ2) is 8.80. The second-order valence-electron chi connectivity index (χ2n) is 3.88. The quantitative estimate of drug-likeness (QED) is 0.496. The van der Waals surface area contributed by atoms with E-state index >= 15 is 0 Å². The number of allylic oxidation sites excluding steroid dienone is 5. The molecule has 0 aromatic carbocycles. The minimum absolute atomic E-state index is 1.13. The van der Waals surface area contributed by atoms with Crippen molar-refractivity contribution in [3.05, 3.63) is 36.0 Å². The van der Waals surface area contributed by atoms with Gasteiger partial charge in [0.15, 0.2) is 0 Å². The maximum atomic E-state index is 4.02. The molecule has 0 unspecified atom stereocenters. The van der Waals surface area contributed by atoms with Crippen LogP contribution in [-0.4, -0.2) is 0 Å². The molecule has 0 fully saturated rings. The molecule has 0 heterocycles. The van der Waals surface area contributed by atoms with Crippen LogP contribution in [0.2, 0.25) is 0 Å². The summed E-state index contributed by atoms with van der Waals surface area (Å²) in [5, 5.41) is 0. The molecule has 0 radical (unpaired) electrons. The Morgan fingerprint density at radius 2 is 1.86 bits per heavy atom. The maximum absolute atomic E-state index is 4.02. The van der Waals surface area contributed by atoms with Crippen LogP contribution >= 0.6 is 0 Å². The Morgan fingerprint density at radius 1 is 1.14 bits per heavy atom. The number of hydrogen-bond acceptors (Lipinski definition) is 0. The number of unbranched alkanes of at least 4 members (excludes halogenated alkanes) is 1. The van der Waals surface area contributed by atoms with Crippen molar-refractivity contribution in [3.8, 4) is 0 Å². The summed E-state index contributed by atoms with van der Waals surface area (Å²) in [5.41, 5.74) is 2.69. The molecule has 0 rings (SSSR count). The summed E-state index contributed by atoms with van der Waals surface area (Å²) in [7, 11) is 0. The predicted molar refractivity (Wildman–Crippen MR) is 66.5 cm³/mol. The van der Waals surface area contributed by atoms with Crippen molar-refractivity contribution < 1.29 is 0 Å². The zero-order valence-electron chi connectivity index (χ0n) is 9.97. The van der Waals surface area contributed by atoms with Crippen molar-refractivity contribution in [1.82, 2.24) is 0 Å². The van der Waals surface area contributed by atoms with Crippen molar-refractivity contribution in [2.24, 2.45) is 0 Å². The molecule has 0 heteroatoms. The van der Waals surface area contributed by atoms with E-state index in [9.17, 15) is 0 Å². The molecule has 0 bridgehead atoms. The number of rotatable bonds is 7. The minimum Gasteiger partial charge on any atom is -0.0958 e. The van der Waals surface area contributed by atoms with Gasteiger partial charge in [-0.25, -0.2) is 0 Å². The van der Waals surface area contributed by atoms with Crippen molar-refractivity contribution in [1.29, 1.82) is 0 Å². The van der Waals surface area contributed by atoms with Gasteiger partial charge in [0.2, 0.25) is 0 Å². The summed E-state index contributed by atoms with van der Waals surface area (Å²) in [5.74, 6) is 0. The van der Waals surface area contributed by atoms with E-state index in [1.807, 2.05) is 0 Å². The Labute approximate surface area is 89.4 Å². The molecule has 0 saturated carbocycles. The molecule has 14 heavy (non-hydrogen) atoms. The van der Waals surface area contributed by atoms with Crippen LogP contribution in [0.4, 0.5) is 0 Å². The second-order valence-corrected chi connectivity index (χ2v) is 3.88. The number of hydrogen-bond donors (Lipinski definition) is 0. The molecule has 80 valence electrons. The fourth-order valence-electron chi connectivity index (χ4n) is 1.31. The molecule has 0 atom stereocenters. The van der Waals surface area contributed by atoms with Crippen LogP contribution in [0.15, 0.2) is 36.0 Å². The van der Waals surface area contributed by atoms with Gasteiger partial charge in [0, 0.05) is 0 Å². The molecule has 0 aromatic heterocycles. The summed E-state index contributed by atoms with van der Waals surface area (Å²) < 4.78 is 0. The molecular weight excluding hydrogens is 168 g/mol. The van der Waals surface area contributed by atoms with Gasteiger partial charge in [-0.3, -0.25) is 0 Å². The average Bonchev–Trinajstić information content (AvgIpc) is 2.15. The fourth-order valence-corrected chi connectivity index (χ4v) is 1.31. The summed E-state index contributed by atoms with van der Waals surface area (Å²) in [4.78, 5) is 0. The van der Waals surface area contributed by atoms with E-state index in [2.05, 4.69) is 45.6 Å². The topological polar surface area (TPSA) is 0 Å². The first kappa shape index (κ1) is 13.2. The van der Waals surface area contributed by atoms with Crippen LogP contribution in [-0.2, 0) is 0 Å². The molecule has 0 saturated heterocycles. The first-order valence-corrected chi connectivity index (χ1v) is 5.72. The first-order chi connectivity index (χ1) is 6.70. The van der Waals surface area contributed by atoms with Crippen LogP contribution in [0.3, 0.4) is 0 Å². The highest BCUT2D eigenvalue weighted by atomic mass is 13.9. The van der Waals surface area contributed by atoms with E-state index in [-0.39, 0.29) is 0 Å². The highest BCUT2D eigenvalue weighted by Crippen LogP contribution is 2.07. The Morgan fingerprint density at radius 3 is 2.43 bits per heavy atom. The molecule has 0 aliphatic carbocycles. The van der Waals surface area contributed by atoms with Gasteiger partial charge in [-0.15, -0.1) is 0 Å². The van der Waals surface area contributed by atoms with Crippen molar-refractivity contribution >= 4 is 0 Å². The Balaban J connectivity index is 3.80. The van der Waals surface area contributed by atoms with Crippen molar-refractivity contribution in [3.63, 3.8) is 0 Å². The maximum Gasteiger partial charge on any atom is -0.0285 e. The third-order valence-electron chi connectivity index (χ3n) is 2.21. The Hall–Kier alpha value is -0.780. The van der Waals surface area contributed by atoms with Crippen LogP contribution in [0, 0.1) is 0 Å². The van der Waals surface area contributed by atoms with Crippen LogP contribution in [0.5, 0.6) is 0 Å². The molecule has 0 nitrogen and oxygen atoms in total. The third-order valence-corrected chi connectivity index (χ3v) is 2.21. The normalized spacial score (nSPS) is 12.4. The summed E-state index contributed by atoms with van der Waals surface area (Å²) in [6.45, 7) is 10.6. The van der Waals surface area contributed by atoms with Gasteiger partial charge in [-0.2, -0.15) is 0 Å². The van der Waals surface area contributed by atoms with E-state index in [0.29, 0.717) is 0 Å². The zero-order chi connectivity index (χ0) is 10.8. The van der Waals surface area contributed by atoms with Crippen LogP contribution < -0.4 is 0 Å². The van der Waals surface area contributed by atoms with Crippen molar-refractivity contribution in [2.75, 3.05) is 0 Å². The lowest BCUT2D eigenvalue weighted by Gasteiger charge is -1.97. The van der Waals surface area contributed by atoms with Gasteiger partial charge in [-0.1, -0.05) is 62.6 Å². The summed E-state index contributed by atoms with van der Waals surface area (Å²) in [6.07, 6.45) is 12.5. The van der Waals surface area contributed by atoms with E-state index in [4.69, 9.17) is 0 Å². The van der Waals surface area contributed by atoms with Gasteiger partial charge >= 0.3 is 0 Å². The Bertz CT molecular complexity index is 206. The highest BCUT2D eigenvalue weighted by Gasteiger charge is 1.87. The molecule has 0 spiro atoms. The lowest BCUT2D eigenvalue weighted by molar-refractivity contribution is 0.799. The molecule has 0 aliphatic heterocycles. The van der Waals surface area contributed by atoms with Gasteiger partial charge in [-0.05, 0) is 26.2 Å². The Kier molecular flexibility index (Phi) is 8.31. The molecule has 0 N–H and O–H groups in total. The van der Waals surface area contributed by atoms with E-state index < -0.39 is 0 Å². The fraction of sp³-hybridized carbons (Fsp3) is 0.571. The monoisotopic (exact) mass is 192 g/mol. The molecule has 0 amide bonds. The molecule has 0 aromatic rings. The zero-order valence-corrected chi connectivity index (χ0v) is 9.97. The predicted octanol–water partition coefficient (Wildman–Crippen LogP) is 5.04. The minimum atomic E-state index is 1.13. The van der Waals surface area contributed by atoms with Gasteiger partial charge < -0.3 is 0 Å². The lowest BCUT2D eigenvalue weighted by Crippen LogP contribution is -1.76. The largest absolute Gasteiger partial charge is 0.0958 e. The van der Waals surface area contributed by atoms with E-state index in [1.165, 1.54) is 36.8 Å². The highest BCUT2D eigenvalue weighted by molar-refractivity contribution is 5.21.